The molecule has 0 aliphatic heterocycles. The quantitative estimate of drug-likeness (QED) is 0.618. The SMILES string of the molecule is COc1ccc(-c2ccc(=O)n(CCNS(=O)(=O)c3cccc(Cl)c3C)n2)cc1. The van der Waals surface area contributed by atoms with Crippen molar-refractivity contribution in [1.29, 1.82) is 0 Å². The van der Waals surface area contributed by atoms with Gasteiger partial charge >= 0.3 is 0 Å². The lowest BCUT2D eigenvalue weighted by molar-refractivity contribution is 0.415. The van der Waals surface area contributed by atoms with E-state index in [1.165, 1.54) is 16.8 Å². The van der Waals surface area contributed by atoms with Gasteiger partial charge in [-0.3, -0.25) is 4.79 Å². The van der Waals surface area contributed by atoms with Crippen molar-refractivity contribution in [2.45, 2.75) is 18.4 Å². The van der Waals surface area contributed by atoms with Crippen molar-refractivity contribution in [3.63, 3.8) is 0 Å². The zero-order valence-corrected chi connectivity index (χ0v) is 17.5. The molecule has 152 valence electrons. The Hall–Kier alpha value is -2.68. The minimum Gasteiger partial charge on any atom is -0.497 e. The molecule has 0 atom stereocenters. The summed E-state index contributed by atoms with van der Waals surface area (Å²) in [5.41, 5.74) is 1.56. The molecule has 0 amide bonds. The highest BCUT2D eigenvalue weighted by Crippen LogP contribution is 2.22. The van der Waals surface area contributed by atoms with Crippen LogP contribution < -0.4 is 15.0 Å². The van der Waals surface area contributed by atoms with Gasteiger partial charge in [0.05, 0.1) is 24.2 Å². The van der Waals surface area contributed by atoms with Crippen LogP contribution in [-0.4, -0.2) is 31.9 Å². The fourth-order valence-corrected chi connectivity index (χ4v) is 4.28. The van der Waals surface area contributed by atoms with E-state index in [-0.39, 0.29) is 23.5 Å². The van der Waals surface area contributed by atoms with E-state index < -0.39 is 10.0 Å². The van der Waals surface area contributed by atoms with E-state index in [1.54, 1.807) is 44.4 Å². The van der Waals surface area contributed by atoms with Gasteiger partial charge < -0.3 is 4.74 Å². The predicted molar refractivity (Wildman–Crippen MR) is 112 cm³/mol. The van der Waals surface area contributed by atoms with E-state index in [9.17, 15) is 13.2 Å². The van der Waals surface area contributed by atoms with Gasteiger partial charge in [-0.1, -0.05) is 17.7 Å². The molecule has 1 N–H and O–H groups in total. The third kappa shape index (κ3) is 4.84. The molecule has 0 aliphatic rings. The normalized spacial score (nSPS) is 11.4. The lowest BCUT2D eigenvalue weighted by Gasteiger charge is -2.11. The lowest BCUT2D eigenvalue weighted by Crippen LogP contribution is -2.32. The zero-order valence-electron chi connectivity index (χ0n) is 15.9. The molecule has 0 saturated heterocycles. The Bertz CT molecular complexity index is 1180. The summed E-state index contributed by atoms with van der Waals surface area (Å²) in [5.74, 6) is 0.716. The van der Waals surface area contributed by atoms with Crippen LogP contribution >= 0.6 is 11.6 Å². The van der Waals surface area contributed by atoms with Crippen LogP contribution in [-0.2, 0) is 16.6 Å². The van der Waals surface area contributed by atoms with E-state index in [4.69, 9.17) is 16.3 Å². The molecular weight excluding hydrogens is 414 g/mol. The number of hydrogen-bond donors (Lipinski definition) is 1. The Morgan fingerprint density at radius 2 is 1.83 bits per heavy atom. The van der Waals surface area contributed by atoms with Gasteiger partial charge in [-0.05, 0) is 55.0 Å². The molecule has 0 saturated carbocycles. The molecule has 0 bridgehead atoms. The maximum Gasteiger partial charge on any atom is 0.266 e. The lowest BCUT2D eigenvalue weighted by atomic mass is 10.1. The fourth-order valence-electron chi connectivity index (χ4n) is 2.77. The molecule has 29 heavy (non-hydrogen) atoms. The third-order valence-corrected chi connectivity index (χ3v) is 6.39. The van der Waals surface area contributed by atoms with Crippen LogP contribution in [0.3, 0.4) is 0 Å². The molecule has 9 heteroatoms. The Morgan fingerprint density at radius 1 is 1.10 bits per heavy atom. The first-order valence-electron chi connectivity index (χ1n) is 8.79. The van der Waals surface area contributed by atoms with Crippen molar-refractivity contribution in [1.82, 2.24) is 14.5 Å². The molecule has 0 radical (unpaired) electrons. The zero-order chi connectivity index (χ0) is 21.0. The van der Waals surface area contributed by atoms with Crippen LogP contribution in [0, 0.1) is 6.92 Å². The number of nitrogens with one attached hydrogen (secondary N) is 1. The van der Waals surface area contributed by atoms with Gasteiger partial charge in [-0.25, -0.2) is 17.8 Å². The van der Waals surface area contributed by atoms with Crippen LogP contribution in [0.15, 0.2) is 64.3 Å². The number of nitrogens with zero attached hydrogens (tertiary/aromatic N) is 2. The molecule has 1 aromatic heterocycles. The highest BCUT2D eigenvalue weighted by Gasteiger charge is 2.17. The van der Waals surface area contributed by atoms with Crippen LogP contribution in [0.2, 0.25) is 5.02 Å². The summed E-state index contributed by atoms with van der Waals surface area (Å²) in [7, 11) is -2.18. The third-order valence-electron chi connectivity index (χ3n) is 4.38. The monoisotopic (exact) mass is 433 g/mol. The van der Waals surface area contributed by atoms with Crippen molar-refractivity contribution >= 4 is 21.6 Å². The molecule has 2 aromatic carbocycles. The standard InChI is InChI=1S/C20H20ClN3O4S/c1-14-17(21)4-3-5-19(14)29(26,27)22-12-13-24-20(25)11-10-18(23-24)15-6-8-16(28-2)9-7-15/h3-11,22H,12-13H2,1-2H3. The molecular formula is C20H20ClN3O4S. The van der Waals surface area contributed by atoms with Gasteiger partial charge in [0.2, 0.25) is 10.0 Å². The number of ether oxygens (including phenoxy) is 1. The maximum absolute atomic E-state index is 12.5. The van der Waals surface area contributed by atoms with Gasteiger partial charge in [-0.2, -0.15) is 5.10 Å². The van der Waals surface area contributed by atoms with Crippen molar-refractivity contribution in [3.05, 3.63) is 75.5 Å². The summed E-state index contributed by atoms with van der Waals surface area (Å²) >= 11 is 6.01. The van der Waals surface area contributed by atoms with E-state index in [2.05, 4.69) is 9.82 Å². The number of methoxy groups -OCH3 is 1. The smallest absolute Gasteiger partial charge is 0.266 e. The minimum atomic E-state index is -3.76. The molecule has 0 fully saturated rings. The highest BCUT2D eigenvalue weighted by atomic mass is 35.5. The largest absolute Gasteiger partial charge is 0.497 e. The first-order chi connectivity index (χ1) is 13.8. The van der Waals surface area contributed by atoms with E-state index >= 15 is 0 Å². The molecule has 1 heterocycles. The minimum absolute atomic E-state index is 0.00720. The fraction of sp³-hybridized carbons (Fsp3) is 0.200. The second-order valence-electron chi connectivity index (χ2n) is 6.27. The van der Waals surface area contributed by atoms with Gasteiger partial charge in [-0.15, -0.1) is 0 Å². The van der Waals surface area contributed by atoms with Crippen molar-refractivity contribution in [3.8, 4) is 17.0 Å². The van der Waals surface area contributed by atoms with Crippen molar-refractivity contribution < 1.29 is 13.2 Å². The number of benzene rings is 2. The number of halogens is 1. The Balaban J connectivity index is 1.75. The topological polar surface area (TPSA) is 90.3 Å². The number of hydrogen-bond acceptors (Lipinski definition) is 5. The summed E-state index contributed by atoms with van der Waals surface area (Å²) in [6.07, 6.45) is 0. The van der Waals surface area contributed by atoms with E-state index in [0.29, 0.717) is 22.0 Å². The molecule has 0 unspecified atom stereocenters. The van der Waals surface area contributed by atoms with Crippen LogP contribution in [0.25, 0.3) is 11.3 Å². The maximum atomic E-state index is 12.5. The summed E-state index contributed by atoms with van der Waals surface area (Å²) in [4.78, 5) is 12.2. The molecule has 0 aliphatic carbocycles. The van der Waals surface area contributed by atoms with Gasteiger partial charge in [0.15, 0.2) is 0 Å². The summed E-state index contributed by atoms with van der Waals surface area (Å²) in [6.45, 7) is 1.73. The van der Waals surface area contributed by atoms with Gasteiger partial charge in [0.25, 0.3) is 5.56 Å². The molecule has 3 aromatic rings. The first-order valence-corrected chi connectivity index (χ1v) is 10.7. The second-order valence-corrected chi connectivity index (χ2v) is 8.41. The molecule has 0 spiro atoms. The Labute approximate surface area is 174 Å². The second kappa shape index (κ2) is 8.77. The first kappa shape index (κ1) is 21.0. The average Bonchev–Trinajstić information content (AvgIpc) is 2.71. The number of aromatic nitrogens is 2. The average molecular weight is 434 g/mol. The van der Waals surface area contributed by atoms with E-state index in [1.807, 2.05) is 12.1 Å². The van der Waals surface area contributed by atoms with Crippen LogP contribution in [0.4, 0.5) is 0 Å². The van der Waals surface area contributed by atoms with Crippen LogP contribution in [0.5, 0.6) is 5.75 Å². The summed E-state index contributed by atoms with van der Waals surface area (Å²) < 4.78 is 33.9. The van der Waals surface area contributed by atoms with Crippen molar-refractivity contribution in [2.75, 3.05) is 13.7 Å². The van der Waals surface area contributed by atoms with Crippen LogP contribution in [0.1, 0.15) is 5.56 Å². The summed E-state index contributed by atoms with van der Waals surface area (Å²) in [6, 6.07) is 15.0. The van der Waals surface area contributed by atoms with Gasteiger partial charge in [0.1, 0.15) is 5.75 Å². The Kier molecular flexibility index (Phi) is 6.36. The molecule has 3 rings (SSSR count). The highest BCUT2D eigenvalue weighted by molar-refractivity contribution is 7.89. The Morgan fingerprint density at radius 3 is 2.52 bits per heavy atom. The number of rotatable bonds is 7. The van der Waals surface area contributed by atoms with Gasteiger partial charge in [0, 0.05) is 23.2 Å². The molecule has 7 nitrogen and oxygen atoms in total. The van der Waals surface area contributed by atoms with Crippen molar-refractivity contribution in [2.24, 2.45) is 0 Å². The van der Waals surface area contributed by atoms with E-state index in [0.717, 1.165) is 5.56 Å². The predicted octanol–water partition coefficient (Wildman–Crippen LogP) is 2.86. The summed E-state index contributed by atoms with van der Waals surface area (Å²) in [5, 5.41) is 4.70. The number of sulfonamides is 1.